The number of nitrogens with zero attached hydrogens (tertiary/aromatic N) is 3. The number of benzene rings is 2. The molecule has 0 saturated heterocycles. The van der Waals surface area contributed by atoms with Crippen molar-refractivity contribution in [2.24, 2.45) is 5.16 Å². The molecule has 0 fully saturated rings. The lowest BCUT2D eigenvalue weighted by Crippen LogP contribution is -2.37. The molecule has 1 aromatic heterocycles. The number of halogens is 1. The maximum absolute atomic E-state index is 13.0. The number of aromatic nitrogens is 2. The van der Waals surface area contributed by atoms with Crippen molar-refractivity contribution in [2.75, 3.05) is 0 Å². The maximum Gasteiger partial charge on any atom is 0.142 e. The highest BCUT2D eigenvalue weighted by Gasteiger charge is 2.34. The number of hydrogen-bond donors (Lipinski definition) is 0. The lowest BCUT2D eigenvalue weighted by atomic mass is 9.95. The van der Waals surface area contributed by atoms with Crippen LogP contribution in [0.1, 0.15) is 24.1 Å². The van der Waals surface area contributed by atoms with E-state index in [1.807, 2.05) is 42.0 Å². The van der Waals surface area contributed by atoms with Gasteiger partial charge in [-0.3, -0.25) is 0 Å². The molecule has 1 aliphatic rings. The summed E-state index contributed by atoms with van der Waals surface area (Å²) in [5.74, 6) is 0.507. The van der Waals surface area contributed by atoms with Crippen molar-refractivity contribution in [2.45, 2.75) is 25.7 Å². The Kier molecular flexibility index (Phi) is 4.39. The number of fused-ring (bicyclic) bond motifs is 1. The van der Waals surface area contributed by atoms with Crippen molar-refractivity contribution in [1.29, 1.82) is 0 Å². The predicted octanol–water partition coefficient (Wildman–Crippen LogP) is 3.97. The number of oxime groups is 1. The Morgan fingerprint density at radius 1 is 1.19 bits per heavy atom. The van der Waals surface area contributed by atoms with E-state index < -0.39 is 0 Å². The second-order valence-corrected chi connectivity index (χ2v) is 6.15. The molecule has 26 heavy (non-hydrogen) atoms. The lowest BCUT2D eigenvalue weighted by molar-refractivity contribution is 0.122. The molecule has 132 valence electrons. The fraction of sp³-hybridized carbons (Fsp3) is 0.200. The summed E-state index contributed by atoms with van der Waals surface area (Å²) < 4.78 is 21.0. The normalized spacial score (nSPS) is 20.5. The maximum atomic E-state index is 13.0. The number of hydrogen-bond acceptors (Lipinski definition) is 4. The standard InChI is InChI=1S/C20H18FN3O2/c1-14-20(24-11-10-22-13-24)19(17-4-2-3-5-18(17)26-14)23-25-12-15-6-8-16(21)9-7-15/h2-11,13-14,20H,12H2,1H3/b23-19-. The molecule has 6 heteroatoms. The quantitative estimate of drug-likeness (QED) is 0.669. The highest BCUT2D eigenvalue weighted by Crippen LogP contribution is 2.34. The molecular weight excluding hydrogens is 333 g/mol. The molecule has 2 aromatic carbocycles. The third-order valence-corrected chi connectivity index (χ3v) is 4.35. The molecule has 1 aliphatic heterocycles. The Labute approximate surface area is 150 Å². The van der Waals surface area contributed by atoms with Crippen LogP contribution in [0, 0.1) is 5.82 Å². The van der Waals surface area contributed by atoms with Crippen molar-refractivity contribution in [3.63, 3.8) is 0 Å². The van der Waals surface area contributed by atoms with Crippen molar-refractivity contribution in [3.05, 3.63) is 84.2 Å². The van der Waals surface area contributed by atoms with Crippen LogP contribution >= 0.6 is 0 Å². The van der Waals surface area contributed by atoms with E-state index in [1.165, 1.54) is 12.1 Å². The first-order valence-corrected chi connectivity index (χ1v) is 8.40. The summed E-state index contributed by atoms with van der Waals surface area (Å²) in [5, 5.41) is 4.42. The molecule has 0 aliphatic carbocycles. The van der Waals surface area contributed by atoms with Gasteiger partial charge in [0.1, 0.15) is 36.0 Å². The van der Waals surface area contributed by atoms with Gasteiger partial charge < -0.3 is 14.1 Å². The largest absolute Gasteiger partial charge is 0.487 e. The minimum Gasteiger partial charge on any atom is -0.487 e. The number of imidazole rings is 1. The SMILES string of the molecule is CC1Oc2ccccc2/C(=N/OCc2ccc(F)cc2)C1n1ccnc1. The monoisotopic (exact) mass is 351 g/mol. The lowest BCUT2D eigenvalue weighted by Gasteiger charge is -2.33. The zero-order valence-electron chi connectivity index (χ0n) is 14.2. The van der Waals surface area contributed by atoms with Crippen LogP contribution in [0.2, 0.25) is 0 Å². The van der Waals surface area contributed by atoms with Gasteiger partial charge in [0.2, 0.25) is 0 Å². The molecule has 0 bridgehead atoms. The van der Waals surface area contributed by atoms with Gasteiger partial charge in [-0.25, -0.2) is 9.37 Å². The Morgan fingerprint density at radius 2 is 2.00 bits per heavy atom. The van der Waals surface area contributed by atoms with Gasteiger partial charge in [-0.1, -0.05) is 29.4 Å². The van der Waals surface area contributed by atoms with E-state index in [0.717, 1.165) is 22.6 Å². The number of ether oxygens (including phenoxy) is 1. The molecule has 0 N–H and O–H groups in total. The Hall–Kier alpha value is -3.15. The van der Waals surface area contributed by atoms with Gasteiger partial charge in [-0.2, -0.15) is 0 Å². The highest BCUT2D eigenvalue weighted by molar-refractivity contribution is 6.06. The Bertz CT molecular complexity index is 907. The van der Waals surface area contributed by atoms with E-state index in [-0.39, 0.29) is 24.6 Å². The minimum absolute atomic E-state index is 0.132. The topological polar surface area (TPSA) is 48.6 Å². The van der Waals surface area contributed by atoms with Crippen molar-refractivity contribution >= 4 is 5.71 Å². The van der Waals surface area contributed by atoms with Crippen LogP contribution in [0.3, 0.4) is 0 Å². The van der Waals surface area contributed by atoms with Gasteiger partial charge in [-0.05, 0) is 36.8 Å². The molecule has 0 saturated carbocycles. The van der Waals surface area contributed by atoms with Crippen molar-refractivity contribution in [1.82, 2.24) is 9.55 Å². The number of rotatable bonds is 4. The summed E-state index contributed by atoms with van der Waals surface area (Å²) in [6, 6.07) is 13.8. The second kappa shape index (κ2) is 7.00. The summed E-state index contributed by atoms with van der Waals surface area (Å²) in [6.45, 7) is 2.26. The van der Waals surface area contributed by atoms with Gasteiger partial charge in [0, 0.05) is 18.0 Å². The first-order valence-electron chi connectivity index (χ1n) is 8.40. The molecule has 5 nitrogen and oxygen atoms in total. The molecule has 0 spiro atoms. The van der Waals surface area contributed by atoms with Gasteiger partial charge in [-0.15, -0.1) is 0 Å². The molecule has 2 heterocycles. The van der Waals surface area contributed by atoms with E-state index in [1.54, 1.807) is 24.7 Å². The predicted molar refractivity (Wildman–Crippen MR) is 95.5 cm³/mol. The number of para-hydroxylation sites is 1. The highest BCUT2D eigenvalue weighted by atomic mass is 19.1. The van der Waals surface area contributed by atoms with Crippen LogP contribution in [-0.4, -0.2) is 21.4 Å². The molecule has 2 atom stereocenters. The van der Waals surface area contributed by atoms with E-state index in [2.05, 4.69) is 10.1 Å². The molecule has 2 unspecified atom stereocenters. The summed E-state index contributed by atoms with van der Waals surface area (Å²) in [6.07, 6.45) is 5.22. The molecule has 3 aromatic rings. The first-order chi connectivity index (χ1) is 12.7. The van der Waals surface area contributed by atoms with Gasteiger partial charge in [0.15, 0.2) is 0 Å². The van der Waals surface area contributed by atoms with Gasteiger partial charge in [0.05, 0.1) is 6.33 Å². The van der Waals surface area contributed by atoms with Crippen LogP contribution < -0.4 is 4.74 Å². The zero-order chi connectivity index (χ0) is 17.9. The first kappa shape index (κ1) is 16.3. The average Bonchev–Trinajstić information content (AvgIpc) is 3.17. The van der Waals surface area contributed by atoms with E-state index in [9.17, 15) is 4.39 Å². The fourth-order valence-corrected chi connectivity index (χ4v) is 3.11. The van der Waals surface area contributed by atoms with Gasteiger partial charge >= 0.3 is 0 Å². The third kappa shape index (κ3) is 3.18. The van der Waals surface area contributed by atoms with Crippen molar-refractivity contribution in [3.8, 4) is 5.75 Å². The van der Waals surface area contributed by atoms with E-state index in [4.69, 9.17) is 9.57 Å². The summed E-state index contributed by atoms with van der Waals surface area (Å²) in [4.78, 5) is 9.74. The molecule has 0 amide bonds. The summed E-state index contributed by atoms with van der Waals surface area (Å²) in [5.41, 5.74) is 2.52. The summed E-state index contributed by atoms with van der Waals surface area (Å²) >= 11 is 0. The molecular formula is C20H18FN3O2. The average molecular weight is 351 g/mol. The fourth-order valence-electron chi connectivity index (χ4n) is 3.11. The Balaban J connectivity index is 1.65. The van der Waals surface area contributed by atoms with Gasteiger partial charge in [0.25, 0.3) is 0 Å². The zero-order valence-corrected chi connectivity index (χ0v) is 14.2. The third-order valence-electron chi connectivity index (χ3n) is 4.35. The Morgan fingerprint density at radius 3 is 2.77 bits per heavy atom. The van der Waals surface area contributed by atoms with Crippen LogP contribution in [-0.2, 0) is 11.4 Å². The molecule has 4 rings (SSSR count). The minimum atomic E-state index is -0.271. The van der Waals surface area contributed by atoms with Crippen LogP contribution in [0.4, 0.5) is 4.39 Å². The van der Waals surface area contributed by atoms with E-state index >= 15 is 0 Å². The van der Waals surface area contributed by atoms with Crippen LogP contribution in [0.25, 0.3) is 0 Å². The molecule has 0 radical (unpaired) electrons. The summed E-state index contributed by atoms with van der Waals surface area (Å²) in [7, 11) is 0. The second-order valence-electron chi connectivity index (χ2n) is 6.15. The van der Waals surface area contributed by atoms with Crippen molar-refractivity contribution < 1.29 is 14.0 Å². The van der Waals surface area contributed by atoms with Crippen LogP contribution in [0.5, 0.6) is 5.75 Å². The van der Waals surface area contributed by atoms with Crippen LogP contribution in [0.15, 0.2) is 72.4 Å². The smallest absolute Gasteiger partial charge is 0.142 e. The van der Waals surface area contributed by atoms with E-state index in [0.29, 0.717) is 0 Å².